The molecule has 0 amide bonds. The third-order valence-corrected chi connectivity index (χ3v) is 2.42. The van der Waals surface area contributed by atoms with Crippen LogP contribution in [0, 0.1) is 0 Å². The van der Waals surface area contributed by atoms with Gasteiger partial charge in [0.2, 0.25) is 5.89 Å². The average molecular weight is 205 g/mol. The van der Waals surface area contributed by atoms with Crippen molar-refractivity contribution in [3.05, 3.63) is 24.2 Å². The standard InChI is InChI=1S/C11H15N3O/c1-3-8(2)13-7-10-14-11-9(15-10)5-4-6-12-11/h4-6,8,13H,3,7H2,1-2H3. The Labute approximate surface area is 88.7 Å². The zero-order chi connectivity index (χ0) is 10.7. The van der Waals surface area contributed by atoms with Crippen molar-refractivity contribution in [2.75, 3.05) is 0 Å². The third-order valence-electron chi connectivity index (χ3n) is 2.42. The van der Waals surface area contributed by atoms with E-state index in [0.717, 1.165) is 12.0 Å². The number of oxazole rings is 1. The number of hydrogen-bond donors (Lipinski definition) is 1. The highest BCUT2D eigenvalue weighted by Crippen LogP contribution is 2.11. The molecule has 80 valence electrons. The molecule has 2 aromatic heterocycles. The molecule has 0 aliphatic carbocycles. The van der Waals surface area contributed by atoms with Crippen molar-refractivity contribution in [1.29, 1.82) is 0 Å². The number of nitrogens with zero attached hydrogens (tertiary/aromatic N) is 2. The van der Waals surface area contributed by atoms with Gasteiger partial charge in [0.05, 0.1) is 6.54 Å². The topological polar surface area (TPSA) is 51.0 Å². The van der Waals surface area contributed by atoms with Crippen LogP contribution < -0.4 is 5.32 Å². The van der Waals surface area contributed by atoms with Crippen LogP contribution in [-0.4, -0.2) is 16.0 Å². The highest BCUT2D eigenvalue weighted by Gasteiger charge is 2.06. The van der Waals surface area contributed by atoms with Gasteiger partial charge in [-0.3, -0.25) is 0 Å². The molecule has 2 heterocycles. The van der Waals surface area contributed by atoms with E-state index in [-0.39, 0.29) is 0 Å². The second-order valence-corrected chi connectivity index (χ2v) is 3.62. The SMILES string of the molecule is CCC(C)NCc1nc2ncccc2o1. The fourth-order valence-corrected chi connectivity index (χ4v) is 1.30. The van der Waals surface area contributed by atoms with Gasteiger partial charge in [-0.1, -0.05) is 6.92 Å². The number of nitrogens with one attached hydrogen (secondary N) is 1. The van der Waals surface area contributed by atoms with Gasteiger partial charge < -0.3 is 9.73 Å². The Bertz CT molecular complexity index is 405. The van der Waals surface area contributed by atoms with Crippen LogP contribution in [0.5, 0.6) is 0 Å². The number of pyridine rings is 1. The van der Waals surface area contributed by atoms with E-state index in [1.165, 1.54) is 0 Å². The summed E-state index contributed by atoms with van der Waals surface area (Å²) >= 11 is 0. The Morgan fingerprint density at radius 3 is 3.13 bits per heavy atom. The van der Waals surface area contributed by atoms with E-state index in [1.807, 2.05) is 12.1 Å². The molecule has 4 nitrogen and oxygen atoms in total. The van der Waals surface area contributed by atoms with Gasteiger partial charge in [-0.05, 0) is 25.5 Å². The predicted molar refractivity (Wildman–Crippen MR) is 58.4 cm³/mol. The molecule has 0 radical (unpaired) electrons. The van der Waals surface area contributed by atoms with E-state index < -0.39 is 0 Å². The van der Waals surface area contributed by atoms with E-state index in [4.69, 9.17) is 4.42 Å². The summed E-state index contributed by atoms with van der Waals surface area (Å²) in [6.45, 7) is 4.94. The summed E-state index contributed by atoms with van der Waals surface area (Å²) < 4.78 is 5.53. The average Bonchev–Trinajstić information content (AvgIpc) is 2.68. The van der Waals surface area contributed by atoms with E-state index in [2.05, 4.69) is 29.1 Å². The summed E-state index contributed by atoms with van der Waals surface area (Å²) in [4.78, 5) is 8.40. The van der Waals surface area contributed by atoms with Gasteiger partial charge in [-0.2, -0.15) is 4.98 Å². The molecular weight excluding hydrogens is 190 g/mol. The maximum atomic E-state index is 5.53. The first kappa shape index (κ1) is 10.1. The number of rotatable bonds is 4. The Hall–Kier alpha value is -1.42. The molecule has 0 saturated carbocycles. The van der Waals surface area contributed by atoms with Gasteiger partial charge in [0.15, 0.2) is 11.2 Å². The van der Waals surface area contributed by atoms with Crippen LogP contribution in [0.2, 0.25) is 0 Å². The Morgan fingerprint density at radius 2 is 2.40 bits per heavy atom. The van der Waals surface area contributed by atoms with Crippen LogP contribution in [0.25, 0.3) is 11.2 Å². The zero-order valence-electron chi connectivity index (χ0n) is 9.03. The van der Waals surface area contributed by atoms with Crippen molar-refractivity contribution in [3.8, 4) is 0 Å². The van der Waals surface area contributed by atoms with E-state index in [0.29, 0.717) is 24.1 Å². The molecule has 1 atom stereocenters. The minimum absolute atomic E-state index is 0.480. The third kappa shape index (κ3) is 2.33. The molecule has 2 rings (SSSR count). The maximum absolute atomic E-state index is 5.53. The fraction of sp³-hybridized carbons (Fsp3) is 0.455. The molecule has 1 unspecified atom stereocenters. The van der Waals surface area contributed by atoms with Crippen molar-refractivity contribution in [3.63, 3.8) is 0 Å². The zero-order valence-corrected chi connectivity index (χ0v) is 9.03. The first-order valence-corrected chi connectivity index (χ1v) is 5.23. The van der Waals surface area contributed by atoms with Gasteiger partial charge in [-0.15, -0.1) is 0 Å². The molecule has 0 bridgehead atoms. The summed E-state index contributed by atoms with van der Waals surface area (Å²) in [5.74, 6) is 0.698. The van der Waals surface area contributed by atoms with Crippen molar-refractivity contribution in [2.24, 2.45) is 0 Å². The van der Waals surface area contributed by atoms with Crippen LogP contribution >= 0.6 is 0 Å². The van der Waals surface area contributed by atoms with Gasteiger partial charge >= 0.3 is 0 Å². The van der Waals surface area contributed by atoms with E-state index >= 15 is 0 Å². The monoisotopic (exact) mass is 205 g/mol. The quantitative estimate of drug-likeness (QED) is 0.830. The van der Waals surface area contributed by atoms with E-state index in [9.17, 15) is 0 Å². The predicted octanol–water partition coefficient (Wildman–Crippen LogP) is 2.11. The molecule has 0 spiro atoms. The summed E-state index contributed by atoms with van der Waals surface area (Å²) in [5.41, 5.74) is 1.43. The van der Waals surface area contributed by atoms with Crippen molar-refractivity contribution in [1.82, 2.24) is 15.3 Å². The lowest BCUT2D eigenvalue weighted by Gasteiger charge is -2.07. The molecule has 15 heavy (non-hydrogen) atoms. The molecule has 0 saturated heterocycles. The van der Waals surface area contributed by atoms with Gasteiger partial charge in [0.1, 0.15) is 0 Å². The summed E-state index contributed by atoms with van der Waals surface area (Å²) in [5, 5.41) is 3.33. The molecule has 0 aliphatic rings. The minimum atomic E-state index is 0.480. The number of hydrogen-bond acceptors (Lipinski definition) is 4. The fourth-order valence-electron chi connectivity index (χ4n) is 1.30. The summed E-state index contributed by atoms with van der Waals surface area (Å²) in [7, 11) is 0. The van der Waals surface area contributed by atoms with Gasteiger partial charge in [-0.25, -0.2) is 4.98 Å². The highest BCUT2D eigenvalue weighted by molar-refractivity contribution is 5.66. The summed E-state index contributed by atoms with van der Waals surface area (Å²) in [6, 6.07) is 4.20. The highest BCUT2D eigenvalue weighted by atomic mass is 16.3. The van der Waals surface area contributed by atoms with Crippen molar-refractivity contribution >= 4 is 11.2 Å². The molecule has 0 aliphatic heterocycles. The summed E-state index contributed by atoms with van der Waals surface area (Å²) in [6.07, 6.45) is 2.81. The van der Waals surface area contributed by atoms with Crippen LogP contribution in [0.15, 0.2) is 22.7 Å². The lowest BCUT2D eigenvalue weighted by Crippen LogP contribution is -2.24. The maximum Gasteiger partial charge on any atom is 0.211 e. The van der Waals surface area contributed by atoms with Crippen LogP contribution in [0.1, 0.15) is 26.2 Å². The molecule has 0 aromatic carbocycles. The Kier molecular flexibility index (Phi) is 2.97. The second kappa shape index (κ2) is 4.40. The van der Waals surface area contributed by atoms with Crippen LogP contribution in [-0.2, 0) is 6.54 Å². The largest absolute Gasteiger partial charge is 0.438 e. The van der Waals surface area contributed by atoms with Crippen molar-refractivity contribution in [2.45, 2.75) is 32.9 Å². The Morgan fingerprint density at radius 1 is 1.53 bits per heavy atom. The molecule has 4 heteroatoms. The number of fused-ring (bicyclic) bond motifs is 1. The van der Waals surface area contributed by atoms with Crippen LogP contribution in [0.4, 0.5) is 0 Å². The normalized spacial score (nSPS) is 13.2. The first-order valence-electron chi connectivity index (χ1n) is 5.23. The van der Waals surface area contributed by atoms with Crippen LogP contribution in [0.3, 0.4) is 0 Å². The minimum Gasteiger partial charge on any atom is -0.438 e. The number of aromatic nitrogens is 2. The molecule has 1 N–H and O–H groups in total. The smallest absolute Gasteiger partial charge is 0.211 e. The Balaban J connectivity index is 2.09. The lowest BCUT2D eigenvalue weighted by atomic mass is 10.3. The van der Waals surface area contributed by atoms with E-state index in [1.54, 1.807) is 6.20 Å². The van der Waals surface area contributed by atoms with Gasteiger partial charge in [0.25, 0.3) is 0 Å². The molecular formula is C11H15N3O. The molecule has 2 aromatic rings. The molecule has 0 fully saturated rings. The van der Waals surface area contributed by atoms with Gasteiger partial charge in [0, 0.05) is 12.2 Å². The van der Waals surface area contributed by atoms with Crippen molar-refractivity contribution < 1.29 is 4.42 Å². The second-order valence-electron chi connectivity index (χ2n) is 3.62. The lowest BCUT2D eigenvalue weighted by molar-refractivity contribution is 0.455. The first-order chi connectivity index (χ1) is 7.29.